The number of alkyl halides is 3. The van der Waals surface area contributed by atoms with E-state index in [4.69, 9.17) is 5.73 Å². The summed E-state index contributed by atoms with van der Waals surface area (Å²) in [5.74, 6) is -0.514. The minimum Gasteiger partial charge on any atom is -0.370 e. The predicted molar refractivity (Wildman–Crippen MR) is 73.6 cm³/mol. The van der Waals surface area contributed by atoms with Crippen LogP contribution in [0.4, 0.5) is 18.0 Å². The number of hydrogen-bond donors (Lipinski definition) is 2. The van der Waals surface area contributed by atoms with Gasteiger partial charge in [-0.05, 0) is 26.2 Å². The lowest BCUT2D eigenvalue weighted by Crippen LogP contribution is -2.47. The molecule has 2 atom stereocenters. The van der Waals surface area contributed by atoms with E-state index in [0.717, 1.165) is 0 Å². The number of urea groups is 1. The summed E-state index contributed by atoms with van der Waals surface area (Å²) in [6, 6.07) is -1.10. The maximum Gasteiger partial charge on any atom is 0.389 e. The predicted octanol–water partition coefficient (Wildman–Crippen LogP) is 2.40. The molecule has 3 N–H and O–H groups in total. The third-order valence-electron chi connectivity index (χ3n) is 3.31. The fourth-order valence-corrected chi connectivity index (χ4v) is 1.83. The molecule has 0 aromatic heterocycles. The Hall–Kier alpha value is -1.47. The summed E-state index contributed by atoms with van der Waals surface area (Å²) >= 11 is 0. The Morgan fingerprint density at radius 2 is 1.90 bits per heavy atom. The maximum atomic E-state index is 12.1. The highest BCUT2D eigenvalue weighted by atomic mass is 19.4. The van der Waals surface area contributed by atoms with Crippen molar-refractivity contribution in [1.82, 2.24) is 10.2 Å². The Morgan fingerprint density at radius 1 is 1.33 bits per heavy atom. The van der Waals surface area contributed by atoms with Crippen LogP contribution in [-0.2, 0) is 4.79 Å². The van der Waals surface area contributed by atoms with E-state index < -0.39 is 24.5 Å². The highest BCUT2D eigenvalue weighted by molar-refractivity contribution is 5.77. The quantitative estimate of drug-likeness (QED) is 0.722. The Morgan fingerprint density at radius 3 is 2.33 bits per heavy atom. The first kappa shape index (κ1) is 19.5. The van der Waals surface area contributed by atoms with Crippen molar-refractivity contribution in [1.29, 1.82) is 0 Å². The van der Waals surface area contributed by atoms with E-state index in [2.05, 4.69) is 5.32 Å². The van der Waals surface area contributed by atoms with Gasteiger partial charge in [0.1, 0.15) is 0 Å². The van der Waals surface area contributed by atoms with Crippen LogP contribution >= 0.6 is 0 Å². The van der Waals surface area contributed by atoms with E-state index >= 15 is 0 Å². The number of carbonyl (C=O) groups excluding carboxylic acids is 2. The highest BCUT2D eigenvalue weighted by Gasteiger charge is 2.27. The molecule has 8 heteroatoms. The van der Waals surface area contributed by atoms with Crippen LogP contribution in [-0.4, -0.2) is 42.1 Å². The number of halogens is 3. The average molecular weight is 311 g/mol. The molecule has 0 heterocycles. The molecule has 2 unspecified atom stereocenters. The zero-order chi connectivity index (χ0) is 16.6. The SMILES string of the molecule is CCC(CCCC(F)(F)F)NC(=O)N(C)C(C)CC(N)=O. The summed E-state index contributed by atoms with van der Waals surface area (Å²) in [5.41, 5.74) is 5.06. The molecule has 0 bridgehead atoms. The van der Waals surface area contributed by atoms with Crippen molar-refractivity contribution in [2.45, 2.75) is 64.2 Å². The standard InChI is InChI=1S/C13H24F3N3O2/c1-4-10(6-5-7-13(14,15)16)18-12(21)19(3)9(2)8-11(17)20/h9-10H,4-8H2,1-3H3,(H2,17,20)(H,18,21). The van der Waals surface area contributed by atoms with Crippen molar-refractivity contribution in [2.75, 3.05) is 7.05 Å². The van der Waals surface area contributed by atoms with Crippen molar-refractivity contribution < 1.29 is 22.8 Å². The number of nitrogens with one attached hydrogen (secondary N) is 1. The number of nitrogens with zero attached hydrogens (tertiary/aromatic N) is 1. The molecule has 0 saturated carbocycles. The smallest absolute Gasteiger partial charge is 0.370 e. The second-order valence-electron chi connectivity index (χ2n) is 5.19. The maximum absolute atomic E-state index is 12.1. The Kier molecular flexibility index (Phi) is 8.12. The lowest BCUT2D eigenvalue weighted by atomic mass is 10.1. The Bertz CT molecular complexity index is 348. The minimum absolute atomic E-state index is 0.0250. The molecule has 0 spiro atoms. The van der Waals surface area contributed by atoms with Crippen LogP contribution in [0.25, 0.3) is 0 Å². The summed E-state index contributed by atoms with van der Waals surface area (Å²) in [4.78, 5) is 24.1. The fourth-order valence-electron chi connectivity index (χ4n) is 1.83. The van der Waals surface area contributed by atoms with Crippen LogP contribution in [0.5, 0.6) is 0 Å². The van der Waals surface area contributed by atoms with E-state index in [1.807, 2.05) is 0 Å². The molecule has 0 fully saturated rings. The number of nitrogens with two attached hydrogens (primary N) is 1. The zero-order valence-electron chi connectivity index (χ0n) is 12.7. The van der Waals surface area contributed by atoms with Gasteiger partial charge in [-0.3, -0.25) is 4.79 Å². The second-order valence-corrected chi connectivity index (χ2v) is 5.19. The number of hydrogen-bond acceptors (Lipinski definition) is 2. The molecule has 0 saturated heterocycles. The number of rotatable bonds is 8. The van der Waals surface area contributed by atoms with Gasteiger partial charge in [-0.1, -0.05) is 6.92 Å². The molecule has 0 aromatic rings. The molecule has 21 heavy (non-hydrogen) atoms. The Labute approximate surface area is 123 Å². The average Bonchev–Trinajstić information content (AvgIpc) is 2.34. The first-order valence-corrected chi connectivity index (χ1v) is 6.95. The monoisotopic (exact) mass is 311 g/mol. The molecule has 0 aliphatic rings. The van der Waals surface area contributed by atoms with E-state index in [-0.39, 0.29) is 31.3 Å². The van der Waals surface area contributed by atoms with Crippen molar-refractivity contribution in [3.63, 3.8) is 0 Å². The molecular weight excluding hydrogens is 287 g/mol. The summed E-state index contributed by atoms with van der Waals surface area (Å²) in [7, 11) is 1.52. The van der Waals surface area contributed by atoms with Gasteiger partial charge in [-0.15, -0.1) is 0 Å². The normalized spacial score (nSPS) is 14.4. The molecule has 0 aliphatic heterocycles. The van der Waals surface area contributed by atoms with E-state index in [1.165, 1.54) is 11.9 Å². The van der Waals surface area contributed by atoms with Gasteiger partial charge in [-0.2, -0.15) is 13.2 Å². The summed E-state index contributed by atoms with van der Waals surface area (Å²) in [5, 5.41) is 2.67. The van der Waals surface area contributed by atoms with Crippen LogP contribution in [0.15, 0.2) is 0 Å². The molecular formula is C13H24F3N3O2. The molecule has 0 aliphatic carbocycles. The van der Waals surface area contributed by atoms with Crippen LogP contribution in [0.3, 0.4) is 0 Å². The topological polar surface area (TPSA) is 75.4 Å². The molecule has 0 rings (SSSR count). The molecule has 5 nitrogen and oxygen atoms in total. The van der Waals surface area contributed by atoms with Gasteiger partial charge in [0.15, 0.2) is 0 Å². The summed E-state index contributed by atoms with van der Waals surface area (Å²) < 4.78 is 36.3. The summed E-state index contributed by atoms with van der Waals surface area (Å²) in [6.07, 6.45) is -4.21. The van der Waals surface area contributed by atoms with Crippen molar-refractivity contribution in [3.05, 3.63) is 0 Å². The first-order valence-electron chi connectivity index (χ1n) is 6.95. The van der Waals surface area contributed by atoms with Gasteiger partial charge in [0.25, 0.3) is 0 Å². The fraction of sp³-hybridized carbons (Fsp3) is 0.846. The van der Waals surface area contributed by atoms with Crippen LogP contribution in [0.2, 0.25) is 0 Å². The largest absolute Gasteiger partial charge is 0.389 e. The molecule has 0 aromatic carbocycles. The van der Waals surface area contributed by atoms with Gasteiger partial charge < -0.3 is 16.0 Å². The Balaban J connectivity index is 4.28. The number of carbonyl (C=O) groups is 2. The van der Waals surface area contributed by atoms with E-state index in [9.17, 15) is 22.8 Å². The first-order chi connectivity index (χ1) is 9.56. The van der Waals surface area contributed by atoms with Crippen LogP contribution in [0.1, 0.15) is 46.0 Å². The van der Waals surface area contributed by atoms with Crippen LogP contribution in [0, 0.1) is 0 Å². The van der Waals surface area contributed by atoms with Crippen molar-refractivity contribution in [2.24, 2.45) is 5.73 Å². The van der Waals surface area contributed by atoms with E-state index in [1.54, 1.807) is 13.8 Å². The van der Waals surface area contributed by atoms with Gasteiger partial charge in [0, 0.05) is 32.0 Å². The van der Waals surface area contributed by atoms with Gasteiger partial charge in [-0.25, -0.2) is 4.79 Å². The van der Waals surface area contributed by atoms with Crippen molar-refractivity contribution >= 4 is 11.9 Å². The molecule has 0 radical (unpaired) electrons. The number of amides is 3. The lowest BCUT2D eigenvalue weighted by molar-refractivity contribution is -0.135. The number of primary amides is 1. The second kappa shape index (κ2) is 8.74. The summed E-state index contributed by atoms with van der Waals surface area (Å²) in [6.45, 7) is 3.47. The minimum atomic E-state index is -4.17. The van der Waals surface area contributed by atoms with Crippen molar-refractivity contribution in [3.8, 4) is 0 Å². The highest BCUT2D eigenvalue weighted by Crippen LogP contribution is 2.23. The third kappa shape index (κ3) is 9.14. The third-order valence-corrected chi connectivity index (χ3v) is 3.31. The lowest BCUT2D eigenvalue weighted by Gasteiger charge is -2.27. The zero-order valence-corrected chi connectivity index (χ0v) is 12.7. The van der Waals surface area contributed by atoms with Gasteiger partial charge in [0.05, 0.1) is 0 Å². The van der Waals surface area contributed by atoms with E-state index in [0.29, 0.717) is 6.42 Å². The van der Waals surface area contributed by atoms with Gasteiger partial charge >= 0.3 is 12.2 Å². The van der Waals surface area contributed by atoms with Crippen LogP contribution < -0.4 is 11.1 Å². The van der Waals surface area contributed by atoms with Gasteiger partial charge in [0.2, 0.25) is 5.91 Å². The molecule has 3 amide bonds. The molecule has 124 valence electrons.